The number of para-hydroxylation sites is 1. The van der Waals surface area contributed by atoms with Gasteiger partial charge < -0.3 is 15.3 Å². The number of hydrogen-bond acceptors (Lipinski definition) is 3. The van der Waals surface area contributed by atoms with E-state index < -0.39 is 0 Å². The minimum atomic E-state index is -0.245. The van der Waals surface area contributed by atoms with Gasteiger partial charge in [-0.25, -0.2) is 0 Å². The van der Waals surface area contributed by atoms with Gasteiger partial charge in [0.15, 0.2) is 0 Å². The van der Waals surface area contributed by atoms with Gasteiger partial charge in [-0.15, -0.1) is 0 Å². The van der Waals surface area contributed by atoms with Crippen LogP contribution in [0.5, 0.6) is 0 Å². The number of aliphatic hydroxyl groups excluding tert-OH is 1. The highest BCUT2D eigenvalue weighted by Gasteiger charge is 2.14. The monoisotopic (exact) mass is 250 g/mol. The fourth-order valence-electron chi connectivity index (χ4n) is 2.21. The summed E-state index contributed by atoms with van der Waals surface area (Å²) in [5.41, 5.74) is 2.58. The van der Waals surface area contributed by atoms with Crippen LogP contribution < -0.4 is 10.2 Å². The predicted molar refractivity (Wildman–Crippen MR) is 78.1 cm³/mol. The molecule has 3 heteroatoms. The zero-order valence-electron chi connectivity index (χ0n) is 12.0. The molecule has 102 valence electrons. The van der Waals surface area contributed by atoms with E-state index >= 15 is 0 Å². The van der Waals surface area contributed by atoms with Crippen molar-refractivity contribution in [1.29, 1.82) is 0 Å². The summed E-state index contributed by atoms with van der Waals surface area (Å²) in [5, 5.41) is 12.7. The maximum atomic E-state index is 9.38. The van der Waals surface area contributed by atoms with Crippen molar-refractivity contribution in [2.75, 3.05) is 25.5 Å². The van der Waals surface area contributed by atoms with Crippen LogP contribution >= 0.6 is 0 Å². The third-order valence-electron chi connectivity index (χ3n) is 3.36. The van der Waals surface area contributed by atoms with Crippen LogP contribution in [0.3, 0.4) is 0 Å². The lowest BCUT2D eigenvalue weighted by Gasteiger charge is -2.26. The molecule has 0 radical (unpaired) electrons. The second-order valence-electron chi connectivity index (χ2n) is 4.87. The molecule has 1 aromatic rings. The van der Waals surface area contributed by atoms with Crippen LogP contribution in [-0.4, -0.2) is 31.9 Å². The van der Waals surface area contributed by atoms with E-state index in [9.17, 15) is 5.11 Å². The summed E-state index contributed by atoms with van der Waals surface area (Å²) in [4.78, 5) is 2.22. The van der Waals surface area contributed by atoms with E-state index in [0.29, 0.717) is 6.04 Å². The van der Waals surface area contributed by atoms with Gasteiger partial charge >= 0.3 is 0 Å². The topological polar surface area (TPSA) is 35.5 Å². The van der Waals surface area contributed by atoms with Gasteiger partial charge in [0.2, 0.25) is 0 Å². The average molecular weight is 250 g/mol. The first-order chi connectivity index (χ1) is 8.60. The van der Waals surface area contributed by atoms with Crippen molar-refractivity contribution in [3.8, 4) is 0 Å². The summed E-state index contributed by atoms with van der Waals surface area (Å²) >= 11 is 0. The number of nitrogens with one attached hydrogen (secondary N) is 1. The second-order valence-corrected chi connectivity index (χ2v) is 4.87. The molecule has 2 N–H and O–H groups in total. The smallest absolute Gasteiger partial charge is 0.0528 e. The number of hydrogen-bond donors (Lipinski definition) is 2. The molecule has 0 aromatic heterocycles. The lowest BCUT2D eigenvalue weighted by Crippen LogP contribution is -2.25. The van der Waals surface area contributed by atoms with E-state index in [1.165, 1.54) is 11.3 Å². The van der Waals surface area contributed by atoms with Crippen molar-refractivity contribution in [3.63, 3.8) is 0 Å². The van der Waals surface area contributed by atoms with Crippen LogP contribution in [0.1, 0.15) is 38.3 Å². The van der Waals surface area contributed by atoms with Crippen LogP contribution in [-0.2, 0) is 0 Å². The van der Waals surface area contributed by atoms with Gasteiger partial charge in [-0.1, -0.05) is 25.1 Å². The number of benzene rings is 1. The van der Waals surface area contributed by atoms with Gasteiger partial charge in [0.05, 0.1) is 6.10 Å². The number of nitrogens with zero attached hydrogens (tertiary/aromatic N) is 1. The molecular formula is C15H26N2O. The average Bonchev–Trinajstić information content (AvgIpc) is 2.38. The molecule has 0 fully saturated rings. The Hall–Kier alpha value is -1.06. The maximum Gasteiger partial charge on any atom is 0.0528 e. The Bertz CT molecular complexity index is 348. The lowest BCUT2D eigenvalue weighted by molar-refractivity contribution is 0.187. The molecule has 0 saturated heterocycles. The molecule has 1 rings (SSSR count). The first-order valence-electron chi connectivity index (χ1n) is 6.75. The van der Waals surface area contributed by atoms with Crippen molar-refractivity contribution in [3.05, 3.63) is 29.8 Å². The van der Waals surface area contributed by atoms with Gasteiger partial charge in [0.1, 0.15) is 0 Å². The normalized spacial score (nSPS) is 14.3. The van der Waals surface area contributed by atoms with Crippen molar-refractivity contribution in [2.45, 2.75) is 38.8 Å². The third-order valence-corrected chi connectivity index (χ3v) is 3.36. The highest BCUT2D eigenvalue weighted by atomic mass is 16.3. The van der Waals surface area contributed by atoms with Gasteiger partial charge in [-0.2, -0.15) is 0 Å². The molecule has 18 heavy (non-hydrogen) atoms. The molecule has 0 heterocycles. The zero-order chi connectivity index (χ0) is 13.5. The van der Waals surface area contributed by atoms with Crippen molar-refractivity contribution in [1.82, 2.24) is 5.32 Å². The van der Waals surface area contributed by atoms with E-state index in [-0.39, 0.29) is 6.10 Å². The van der Waals surface area contributed by atoms with Gasteiger partial charge in [0, 0.05) is 25.3 Å². The zero-order valence-corrected chi connectivity index (χ0v) is 12.0. The molecule has 2 atom stereocenters. The van der Waals surface area contributed by atoms with E-state index in [0.717, 1.165) is 19.4 Å². The summed E-state index contributed by atoms with van der Waals surface area (Å²) in [7, 11) is 4.09. The summed E-state index contributed by atoms with van der Waals surface area (Å²) in [6.45, 7) is 4.89. The molecule has 3 nitrogen and oxygen atoms in total. The molecule has 0 aliphatic carbocycles. The van der Waals surface area contributed by atoms with Gasteiger partial charge in [0.25, 0.3) is 0 Å². The summed E-state index contributed by atoms with van der Waals surface area (Å²) in [6, 6.07) is 8.87. The molecule has 0 saturated carbocycles. The Kier molecular flexibility index (Phi) is 6.16. The van der Waals surface area contributed by atoms with E-state index in [2.05, 4.69) is 48.5 Å². The molecule has 2 unspecified atom stereocenters. The maximum absolute atomic E-state index is 9.38. The SMILES string of the molecule is CCC(NC)c1ccccc1N(C)CCC(C)O. The van der Waals surface area contributed by atoms with E-state index in [1.54, 1.807) is 0 Å². The largest absolute Gasteiger partial charge is 0.393 e. The molecule has 0 aliphatic heterocycles. The minimum absolute atomic E-state index is 0.245. The molecule has 0 aliphatic rings. The lowest BCUT2D eigenvalue weighted by atomic mass is 10.0. The van der Waals surface area contributed by atoms with Crippen molar-refractivity contribution < 1.29 is 5.11 Å². The molecule has 1 aromatic carbocycles. The Balaban J connectivity index is 2.86. The Morgan fingerprint density at radius 2 is 2.00 bits per heavy atom. The Labute approximate surface area is 111 Å². The van der Waals surface area contributed by atoms with Crippen molar-refractivity contribution in [2.24, 2.45) is 0 Å². The van der Waals surface area contributed by atoms with Gasteiger partial charge in [-0.05, 0) is 38.4 Å². The fraction of sp³-hybridized carbons (Fsp3) is 0.600. The highest BCUT2D eigenvalue weighted by molar-refractivity contribution is 5.54. The van der Waals surface area contributed by atoms with E-state index in [4.69, 9.17) is 0 Å². The summed E-state index contributed by atoms with van der Waals surface area (Å²) in [5.74, 6) is 0. The molecular weight excluding hydrogens is 224 g/mol. The first-order valence-corrected chi connectivity index (χ1v) is 6.75. The first kappa shape index (κ1) is 15.0. The molecule has 0 spiro atoms. The number of anilines is 1. The van der Waals surface area contributed by atoms with E-state index in [1.807, 2.05) is 14.0 Å². The Morgan fingerprint density at radius 1 is 1.33 bits per heavy atom. The predicted octanol–water partition coefficient (Wildman–Crippen LogP) is 2.56. The summed E-state index contributed by atoms with van der Waals surface area (Å²) in [6.07, 6.45) is 1.62. The number of rotatable bonds is 7. The molecule has 0 amide bonds. The quantitative estimate of drug-likeness (QED) is 0.780. The van der Waals surface area contributed by atoms with Crippen molar-refractivity contribution >= 4 is 5.69 Å². The van der Waals surface area contributed by atoms with Gasteiger partial charge in [-0.3, -0.25) is 0 Å². The van der Waals surface area contributed by atoms with Crippen LogP contribution in [0.4, 0.5) is 5.69 Å². The van der Waals surface area contributed by atoms with Crippen LogP contribution in [0.25, 0.3) is 0 Å². The molecule has 0 bridgehead atoms. The highest BCUT2D eigenvalue weighted by Crippen LogP contribution is 2.27. The number of aliphatic hydroxyl groups is 1. The Morgan fingerprint density at radius 3 is 2.56 bits per heavy atom. The second kappa shape index (κ2) is 7.39. The minimum Gasteiger partial charge on any atom is -0.393 e. The standard InChI is InChI=1S/C15H26N2O/c1-5-14(16-3)13-8-6-7-9-15(13)17(4)11-10-12(2)18/h6-9,12,14,16,18H,5,10-11H2,1-4H3. The summed E-state index contributed by atoms with van der Waals surface area (Å²) < 4.78 is 0. The third kappa shape index (κ3) is 4.00. The van der Waals surface area contributed by atoms with Crippen LogP contribution in [0.2, 0.25) is 0 Å². The van der Waals surface area contributed by atoms with Crippen LogP contribution in [0, 0.1) is 0 Å². The van der Waals surface area contributed by atoms with Crippen LogP contribution in [0.15, 0.2) is 24.3 Å². The fourth-order valence-corrected chi connectivity index (χ4v) is 2.21.